The van der Waals surface area contributed by atoms with Crippen molar-refractivity contribution >= 4 is 204 Å². The number of carbonyl (C=O) groups excluding carboxylic acids is 11. The highest BCUT2D eigenvalue weighted by molar-refractivity contribution is 9.11. The molecule has 6 heterocycles. The van der Waals surface area contributed by atoms with Crippen LogP contribution in [0.3, 0.4) is 0 Å². The number of ether oxygens (including phenoxy) is 6. The Morgan fingerprint density at radius 3 is 0.984 bits per heavy atom. The molecule has 4 aromatic carbocycles. The van der Waals surface area contributed by atoms with Gasteiger partial charge in [-0.05, 0) is 164 Å². The van der Waals surface area contributed by atoms with Gasteiger partial charge in [0.15, 0.2) is 12.2 Å². The van der Waals surface area contributed by atoms with E-state index in [1.54, 1.807) is 6.07 Å². The van der Waals surface area contributed by atoms with E-state index in [2.05, 4.69) is 65.6 Å². The van der Waals surface area contributed by atoms with E-state index in [0.717, 1.165) is 120 Å². The quantitative estimate of drug-likeness (QED) is 0.0222. The van der Waals surface area contributed by atoms with Gasteiger partial charge in [-0.15, -0.1) is 109 Å². The number of benzene rings is 4. The molecule has 1 aliphatic rings. The van der Waals surface area contributed by atoms with Crippen molar-refractivity contribution in [1.29, 1.82) is 0 Å². The summed E-state index contributed by atoms with van der Waals surface area (Å²) in [5.41, 5.74) is 31.2. The van der Waals surface area contributed by atoms with Crippen LogP contribution in [0.1, 0.15) is 93.3 Å². The Balaban J connectivity index is 0.000000271. The van der Waals surface area contributed by atoms with Crippen molar-refractivity contribution in [1.82, 2.24) is 0 Å². The lowest BCUT2D eigenvalue weighted by molar-refractivity contribution is -0.275. The molecule has 56 heteroatoms. The van der Waals surface area contributed by atoms with E-state index in [-0.39, 0.29) is 82.1 Å². The molecule has 1 saturated heterocycles. The van der Waals surface area contributed by atoms with E-state index in [1.807, 2.05) is 0 Å². The van der Waals surface area contributed by atoms with Gasteiger partial charge in [0.2, 0.25) is 47.2 Å². The number of thiophene rings is 5. The van der Waals surface area contributed by atoms with Crippen molar-refractivity contribution in [2.24, 2.45) is 28.7 Å². The number of primary amides is 5. The molecule has 0 aliphatic carbocycles. The second-order valence-corrected chi connectivity index (χ2v) is 38.0. The summed E-state index contributed by atoms with van der Waals surface area (Å²) in [6.07, 6.45) is -22.4. The summed E-state index contributed by atoms with van der Waals surface area (Å²) < 4.78 is 245. The fraction of sp³-hybridized carbons (Fsp3) is 0.191. The van der Waals surface area contributed by atoms with Crippen LogP contribution in [0, 0.1) is 0 Å². The van der Waals surface area contributed by atoms with Crippen molar-refractivity contribution in [2.75, 3.05) is 27.0 Å². The number of aliphatic hydroxyl groups is 1. The number of aliphatic hydroxyl groups excluding tert-OH is 1. The van der Waals surface area contributed by atoms with Crippen LogP contribution < -0.4 is 74.6 Å². The number of hydrogen-bond acceptors (Lipinski definition) is 31. The minimum absolute atomic E-state index is 0.0411. The number of halogens is 13. The number of rotatable bonds is 22. The number of nitrogens with two attached hydrogens (primary N) is 6. The first-order chi connectivity index (χ1) is 57.0. The molecule has 17 N–H and O–H groups in total. The zero-order chi connectivity index (χ0) is 94.0. The van der Waals surface area contributed by atoms with Crippen LogP contribution in [-0.2, 0) is 67.8 Å². The van der Waals surface area contributed by atoms with E-state index in [0.29, 0.717) is 58.7 Å². The molecule has 670 valence electrons. The third kappa shape index (κ3) is 31.6. The minimum atomic E-state index is -4.93. The van der Waals surface area contributed by atoms with Gasteiger partial charge >= 0.3 is 37.4 Å². The largest absolute Gasteiger partial charge is 0.573 e. The zero-order valence-electron chi connectivity index (χ0n) is 62.7. The summed E-state index contributed by atoms with van der Waals surface area (Å²) in [6, 6.07) is 21.9. The van der Waals surface area contributed by atoms with Gasteiger partial charge < -0.3 is 89.2 Å². The third-order valence-electron chi connectivity index (χ3n) is 13.8. The Kier molecular flexibility index (Phi) is 35.4. The summed E-state index contributed by atoms with van der Waals surface area (Å²) in [4.78, 5) is 122. The minimum Gasteiger partial charge on any atom is -0.448 e. The van der Waals surface area contributed by atoms with Crippen LogP contribution in [0.5, 0.6) is 23.0 Å². The Bertz CT molecular complexity index is 5810. The molecule has 0 bridgehead atoms. The van der Waals surface area contributed by atoms with Crippen molar-refractivity contribution < 1.29 is 164 Å². The van der Waals surface area contributed by atoms with Crippen molar-refractivity contribution in [3.63, 3.8) is 0 Å². The van der Waals surface area contributed by atoms with Crippen LogP contribution in [0.15, 0.2) is 168 Å². The lowest BCUT2D eigenvalue weighted by Gasteiger charge is -2.22. The Morgan fingerprint density at radius 2 is 0.694 bits per heavy atom. The van der Waals surface area contributed by atoms with Gasteiger partial charge in [0, 0.05) is 25.7 Å². The zero-order valence-corrected chi connectivity index (χ0v) is 71.7. The fourth-order valence-electron chi connectivity index (χ4n) is 8.56. The fourth-order valence-corrected chi connectivity index (χ4v) is 20.6. The Labute approximate surface area is 722 Å². The molecule has 3 atom stereocenters. The third-order valence-corrected chi connectivity index (χ3v) is 27.3. The van der Waals surface area contributed by atoms with Gasteiger partial charge in [0.1, 0.15) is 61.7 Å². The molecule has 5 aromatic heterocycles. The maximum atomic E-state index is 12.7. The lowest BCUT2D eigenvalue weighted by atomic mass is 10.3. The summed E-state index contributed by atoms with van der Waals surface area (Å²) >= 11 is 8.56. The van der Waals surface area contributed by atoms with Gasteiger partial charge in [0.05, 0.1) is 55.5 Å². The van der Waals surface area contributed by atoms with Crippen LogP contribution in [0.4, 0.5) is 77.7 Å². The second-order valence-electron chi connectivity index (χ2n) is 23.4. The monoisotopic (exact) mass is 1990 g/mol. The molecule has 0 spiro atoms. The highest BCUT2D eigenvalue weighted by atomic mass is 79.9. The first-order valence-corrected chi connectivity index (χ1v) is 42.8. The summed E-state index contributed by atoms with van der Waals surface area (Å²) in [7, 11) is -12.4. The molecule has 34 nitrogen and oxygen atoms in total. The number of sulfone groups is 3. The molecule has 124 heavy (non-hydrogen) atoms. The number of cyclic esters (lactones) is 2. The van der Waals surface area contributed by atoms with Crippen LogP contribution in [0.2, 0.25) is 0 Å². The maximum Gasteiger partial charge on any atom is 0.573 e. The summed E-state index contributed by atoms with van der Waals surface area (Å²) in [6.45, 7) is 7.96. The molecule has 0 saturated carbocycles. The first-order valence-electron chi connectivity index (χ1n) is 32.6. The normalized spacial score (nSPS) is 13.5. The molecule has 0 radical (unpaired) electrons. The highest BCUT2D eigenvalue weighted by Gasteiger charge is 2.37. The number of hydrogen-bond donors (Lipinski definition) is 11. The van der Waals surface area contributed by atoms with Gasteiger partial charge in [-0.25, -0.2) is 34.8 Å². The molecule has 9 amide bonds. The van der Waals surface area contributed by atoms with Crippen molar-refractivity contribution in [3.8, 4) is 23.0 Å². The summed E-state index contributed by atoms with van der Waals surface area (Å²) in [5.74, 6) is -9.10. The van der Waals surface area contributed by atoms with E-state index in [4.69, 9.17) is 34.4 Å². The van der Waals surface area contributed by atoms with Crippen molar-refractivity contribution in [2.45, 2.75) is 122 Å². The number of nitrogens with one attached hydrogen (secondary N) is 4. The van der Waals surface area contributed by atoms with Crippen LogP contribution in [-0.4, -0.2) is 139 Å². The smallest absolute Gasteiger partial charge is 0.448 e. The molecule has 1 fully saturated rings. The number of esters is 2. The average molecular weight is 2000 g/mol. The van der Waals surface area contributed by atoms with E-state index in [1.165, 1.54) is 81.1 Å². The molecule has 10 rings (SSSR count). The van der Waals surface area contributed by atoms with Gasteiger partial charge in [0.25, 0.3) is 35.4 Å². The Hall–Kier alpha value is -11.7. The van der Waals surface area contributed by atoms with Crippen molar-refractivity contribution in [3.05, 3.63) is 159 Å². The number of carbonyl (C=O) groups is 11. The first kappa shape index (κ1) is 103. The number of amides is 9. The molecular formula is C68H59BrF12N10O24S9. The van der Waals surface area contributed by atoms with E-state index >= 15 is 0 Å². The average Bonchev–Trinajstić information content (AvgIpc) is 1.63. The van der Waals surface area contributed by atoms with Gasteiger partial charge in [-0.2, -0.15) is 0 Å². The predicted molar refractivity (Wildman–Crippen MR) is 424 cm³/mol. The molecule has 0 unspecified atom stereocenters. The predicted octanol–water partition coefficient (Wildman–Crippen LogP) is 11.9. The SMILES string of the molecule is CC(=O)Nc1sc(Br)cc1C(N)=O.CC(=O)Nc1sc(S(=O)(=O)c2ccc(OC(F)(F)F)cc2)cc1C(N)=O.CC(=O)Nc1sc(Sc2ccc(OC(F)(F)F)cc2)cc1C(N)=O.C[C@@H]1OC(=O)[C@H](C)OC1=O.C[C@H](O)C(=O)Nc1sc(S(=O)(=O)c2ccc(OC(F)(F)F)cc2)cc1C(N)=O.NC(=O)c1cc(S(=O)(=O)c2ccc(OC(F)(F)F)cc2)sc1N. The number of anilines is 5. The maximum absolute atomic E-state index is 12.7. The molecule has 1 aliphatic heterocycles. The molecule has 9 aromatic rings. The van der Waals surface area contributed by atoms with E-state index in [9.17, 15) is 136 Å². The molecular weight excluding hydrogens is 1940 g/mol. The lowest BCUT2D eigenvalue weighted by Crippen LogP contribution is -2.40. The van der Waals surface area contributed by atoms with Gasteiger partial charge in [-0.3, -0.25) is 43.2 Å². The summed E-state index contributed by atoms with van der Waals surface area (Å²) in [5, 5.41) is 19.3. The topological polar surface area (TPSA) is 570 Å². The van der Waals surface area contributed by atoms with E-state index < -0.39 is 144 Å². The Morgan fingerprint density at radius 1 is 0.427 bits per heavy atom. The number of nitrogen functional groups attached to an aromatic ring is 1. The van der Waals surface area contributed by atoms with Crippen LogP contribution >= 0.6 is 84.4 Å². The van der Waals surface area contributed by atoms with Crippen LogP contribution in [0.25, 0.3) is 0 Å². The second kappa shape index (κ2) is 42.6. The highest BCUT2D eigenvalue weighted by Crippen LogP contribution is 2.42. The number of alkyl halides is 12. The standard InChI is InChI=1S/C15H13F3N2O6S2.C14H11F3N2O5S2.C14H11F3N2O3S2.C12H9F3N2O4S2.C7H7BrN2O2S.C6H8O4/c1-7(21)13(23)20-14-10(12(19)22)6-11(27-14)28(24,25)9-4-2-8(3-5-9)26-15(16,17)18;1-7(20)19-13-10(12(18)21)6-11(25-13)26(22,23)9-4-2-8(3-5-9)24-14(15,16)17;1-7(20)19-13-10(12(18)21)6-11(24-13)23-9-4-2-8(3-5-9)22-14(15,16)17;13-12(14,15)21-6-1-3-7(4-2-6)23(19,20)9-5-8(10(16)18)11(17)22-9;1-3(11)10-7-4(6(9)12)2-5(8)13-7;1-3-5(7)10-4(2)6(8)9-3/h2-7,21H,1H3,(H2,19,22)(H,20,23);2-6H,1H3,(H2,18,21)(H,19,20);2-6H,1H3,(H2,18,21)(H,19,20);1-5H,17H2,(H2,16,18);2H,1H3,(H2,9,12)(H,10,11);3-4H,1-2H3/t7-;;;;;3-,4-/m0....0/s1. The van der Waals surface area contributed by atoms with Gasteiger partial charge in [-0.1, -0.05) is 11.8 Å².